The van der Waals surface area contributed by atoms with Gasteiger partial charge < -0.3 is 10.6 Å². The molecule has 1 aliphatic rings. The van der Waals surface area contributed by atoms with Gasteiger partial charge in [-0.25, -0.2) is 0 Å². The minimum absolute atomic E-state index is 0.0589. The van der Waals surface area contributed by atoms with E-state index < -0.39 is 18.0 Å². The number of nitrogens with zero attached hydrogens (tertiary/aromatic N) is 2. The third-order valence-electron chi connectivity index (χ3n) is 4.18. The Bertz CT molecular complexity index is 705. The first kappa shape index (κ1) is 16.1. The molecule has 6 nitrogen and oxygen atoms in total. The van der Waals surface area contributed by atoms with Gasteiger partial charge in [0.2, 0.25) is 11.8 Å². The summed E-state index contributed by atoms with van der Waals surface area (Å²) in [6, 6.07) is 11.7. The maximum Gasteiger partial charge on any atom is 0.244 e. The maximum atomic E-state index is 12.8. The average molecular weight is 324 g/mol. The van der Waals surface area contributed by atoms with Crippen LogP contribution in [0.15, 0.2) is 54.9 Å². The third-order valence-corrected chi connectivity index (χ3v) is 4.18. The zero-order chi connectivity index (χ0) is 16.9. The first-order valence-corrected chi connectivity index (χ1v) is 7.98. The van der Waals surface area contributed by atoms with Gasteiger partial charge in [-0.05, 0) is 30.5 Å². The molecule has 2 heterocycles. The van der Waals surface area contributed by atoms with E-state index in [2.05, 4.69) is 10.3 Å². The number of nitrogens with two attached hydrogens (primary N) is 1. The molecule has 6 heteroatoms. The van der Waals surface area contributed by atoms with Crippen LogP contribution in [0.2, 0.25) is 0 Å². The molecule has 1 aliphatic heterocycles. The molecule has 1 fully saturated rings. The summed E-state index contributed by atoms with van der Waals surface area (Å²) >= 11 is 0. The summed E-state index contributed by atoms with van der Waals surface area (Å²) in [4.78, 5) is 30.4. The van der Waals surface area contributed by atoms with Crippen molar-refractivity contribution in [2.75, 3.05) is 11.4 Å². The molecule has 124 valence electrons. The van der Waals surface area contributed by atoms with Crippen molar-refractivity contribution in [2.45, 2.75) is 24.9 Å². The van der Waals surface area contributed by atoms with Crippen LogP contribution >= 0.6 is 0 Å². The first-order chi connectivity index (χ1) is 11.7. The molecule has 0 unspecified atom stereocenters. The van der Waals surface area contributed by atoms with Crippen molar-refractivity contribution in [3.05, 3.63) is 60.4 Å². The van der Waals surface area contributed by atoms with E-state index in [1.807, 2.05) is 36.4 Å². The highest BCUT2D eigenvalue weighted by Crippen LogP contribution is 2.22. The summed E-state index contributed by atoms with van der Waals surface area (Å²) in [5.41, 5.74) is 7.07. The molecule has 0 saturated carbocycles. The Morgan fingerprint density at radius 1 is 1.25 bits per heavy atom. The number of carbonyl (C=O) groups is 2. The highest BCUT2D eigenvalue weighted by molar-refractivity contribution is 5.98. The molecule has 3 rings (SSSR count). The van der Waals surface area contributed by atoms with Crippen LogP contribution in [0.3, 0.4) is 0 Å². The molecule has 2 atom stereocenters. The van der Waals surface area contributed by atoms with Crippen LogP contribution in [0.1, 0.15) is 24.4 Å². The smallest absolute Gasteiger partial charge is 0.244 e. The third kappa shape index (κ3) is 3.44. The molecular weight excluding hydrogens is 304 g/mol. The van der Waals surface area contributed by atoms with Crippen LogP contribution in [0, 0.1) is 0 Å². The van der Waals surface area contributed by atoms with Crippen molar-refractivity contribution in [3.63, 3.8) is 0 Å². The Morgan fingerprint density at radius 2 is 2.04 bits per heavy atom. The summed E-state index contributed by atoms with van der Waals surface area (Å²) < 4.78 is 0. The number of hydrogen-bond donors (Lipinski definition) is 2. The number of benzene rings is 1. The van der Waals surface area contributed by atoms with E-state index in [9.17, 15) is 9.59 Å². The lowest BCUT2D eigenvalue weighted by Gasteiger charge is -2.34. The van der Waals surface area contributed by atoms with Crippen molar-refractivity contribution >= 4 is 17.5 Å². The highest BCUT2D eigenvalue weighted by atomic mass is 16.2. The van der Waals surface area contributed by atoms with Crippen molar-refractivity contribution in [3.8, 4) is 0 Å². The van der Waals surface area contributed by atoms with Gasteiger partial charge in [-0.15, -0.1) is 0 Å². The fraction of sp³-hybridized carbons (Fsp3) is 0.278. The topological polar surface area (TPSA) is 88.3 Å². The fourth-order valence-electron chi connectivity index (χ4n) is 2.99. The Balaban J connectivity index is 1.78. The van der Waals surface area contributed by atoms with Gasteiger partial charge in [-0.3, -0.25) is 19.9 Å². The van der Waals surface area contributed by atoms with Crippen molar-refractivity contribution < 1.29 is 9.59 Å². The Morgan fingerprint density at radius 3 is 2.71 bits per heavy atom. The molecule has 1 aromatic carbocycles. The van der Waals surface area contributed by atoms with Gasteiger partial charge >= 0.3 is 0 Å². The van der Waals surface area contributed by atoms with E-state index in [1.54, 1.807) is 23.4 Å². The van der Waals surface area contributed by atoms with E-state index in [-0.39, 0.29) is 5.91 Å². The lowest BCUT2D eigenvalue weighted by atomic mass is 10.00. The number of rotatable bonds is 5. The highest BCUT2D eigenvalue weighted by Gasteiger charge is 2.32. The SMILES string of the molecule is NC(=O)[C@@H](N[C@@H]1CCCN(c2cccnc2)C1=O)c1ccccc1. The summed E-state index contributed by atoms with van der Waals surface area (Å²) in [7, 11) is 0. The number of nitrogens with one attached hydrogen (secondary N) is 1. The van der Waals surface area contributed by atoms with Crippen LogP contribution in [-0.2, 0) is 9.59 Å². The number of aromatic nitrogens is 1. The maximum absolute atomic E-state index is 12.8. The molecule has 0 radical (unpaired) electrons. The number of anilines is 1. The zero-order valence-electron chi connectivity index (χ0n) is 13.3. The second-order valence-electron chi connectivity index (χ2n) is 5.81. The lowest BCUT2D eigenvalue weighted by Crippen LogP contribution is -2.53. The van der Waals surface area contributed by atoms with Crippen LogP contribution in [0.25, 0.3) is 0 Å². The molecule has 0 aliphatic carbocycles. The molecule has 0 spiro atoms. The number of pyridine rings is 1. The fourth-order valence-corrected chi connectivity index (χ4v) is 2.99. The van der Waals surface area contributed by atoms with E-state index in [0.29, 0.717) is 13.0 Å². The van der Waals surface area contributed by atoms with Gasteiger partial charge in [0.05, 0.1) is 17.9 Å². The monoisotopic (exact) mass is 324 g/mol. The Hall–Kier alpha value is -2.73. The minimum Gasteiger partial charge on any atom is -0.368 e. The molecule has 2 amide bonds. The van der Waals surface area contributed by atoms with Crippen molar-refractivity contribution in [1.82, 2.24) is 10.3 Å². The van der Waals surface area contributed by atoms with Gasteiger partial charge in [0, 0.05) is 12.7 Å². The predicted molar refractivity (Wildman–Crippen MR) is 91.1 cm³/mol. The molecule has 24 heavy (non-hydrogen) atoms. The summed E-state index contributed by atoms with van der Waals surface area (Å²) in [6.07, 6.45) is 4.86. The average Bonchev–Trinajstić information content (AvgIpc) is 2.62. The minimum atomic E-state index is -0.686. The largest absolute Gasteiger partial charge is 0.368 e. The van der Waals surface area contributed by atoms with Crippen LogP contribution in [-0.4, -0.2) is 29.4 Å². The van der Waals surface area contributed by atoms with Crippen LogP contribution in [0.5, 0.6) is 0 Å². The molecule has 1 aromatic heterocycles. The second kappa shape index (κ2) is 7.23. The van der Waals surface area contributed by atoms with Gasteiger partial charge in [0.25, 0.3) is 0 Å². The Labute approximate surface area is 140 Å². The lowest BCUT2D eigenvalue weighted by molar-refractivity contribution is -0.123. The van der Waals surface area contributed by atoms with Crippen molar-refractivity contribution in [2.24, 2.45) is 5.73 Å². The van der Waals surface area contributed by atoms with Crippen LogP contribution < -0.4 is 16.0 Å². The summed E-state index contributed by atoms with van der Waals surface area (Å²) in [5, 5.41) is 3.14. The number of amides is 2. The van der Waals surface area contributed by atoms with E-state index in [4.69, 9.17) is 5.73 Å². The molecule has 2 aromatic rings. The number of piperidine rings is 1. The number of hydrogen-bond acceptors (Lipinski definition) is 4. The molecule has 0 bridgehead atoms. The standard InChI is InChI=1S/C18H20N4O2/c19-17(23)16(13-6-2-1-3-7-13)21-15-9-5-11-22(18(15)24)14-8-4-10-20-12-14/h1-4,6-8,10,12,15-16,21H,5,9,11H2,(H2,19,23)/t15-,16+/m1/s1. The van der Waals surface area contributed by atoms with Gasteiger partial charge in [-0.2, -0.15) is 0 Å². The second-order valence-corrected chi connectivity index (χ2v) is 5.81. The quantitative estimate of drug-likeness (QED) is 0.870. The van der Waals surface area contributed by atoms with Crippen molar-refractivity contribution in [1.29, 1.82) is 0 Å². The summed E-state index contributed by atoms with van der Waals surface area (Å²) in [5.74, 6) is -0.552. The predicted octanol–water partition coefficient (Wildman–Crippen LogP) is 1.39. The molecule has 1 saturated heterocycles. The van der Waals surface area contributed by atoms with Crippen LogP contribution in [0.4, 0.5) is 5.69 Å². The summed E-state index contributed by atoms with van der Waals surface area (Å²) in [6.45, 7) is 0.648. The van der Waals surface area contributed by atoms with Gasteiger partial charge in [0.15, 0.2) is 0 Å². The van der Waals surface area contributed by atoms with E-state index in [1.165, 1.54) is 0 Å². The molecular formula is C18H20N4O2. The normalized spacial score (nSPS) is 19.1. The first-order valence-electron chi connectivity index (χ1n) is 7.98. The van der Waals surface area contributed by atoms with Gasteiger partial charge in [-0.1, -0.05) is 30.3 Å². The zero-order valence-corrected chi connectivity index (χ0v) is 13.3. The molecule has 3 N–H and O–H groups in total. The number of carbonyl (C=O) groups excluding carboxylic acids is 2. The van der Waals surface area contributed by atoms with E-state index >= 15 is 0 Å². The Kier molecular flexibility index (Phi) is 4.86. The van der Waals surface area contributed by atoms with Gasteiger partial charge in [0.1, 0.15) is 6.04 Å². The number of primary amides is 1. The van der Waals surface area contributed by atoms with E-state index in [0.717, 1.165) is 17.7 Å².